The SMILES string of the molecule is NN(O)C(=O)CCCCCN1C(=O)CN=C(c2ccccc2)c2ccccc21. The molecule has 0 atom stereocenters. The Bertz CT molecular complexity index is 865. The Hall–Kier alpha value is -3.03. The molecule has 1 aliphatic heterocycles. The van der Waals surface area contributed by atoms with Gasteiger partial charge in [-0.25, -0.2) is 5.84 Å². The number of nitrogens with zero attached hydrogens (tertiary/aromatic N) is 3. The lowest BCUT2D eigenvalue weighted by Gasteiger charge is -2.23. The second-order valence-electron chi connectivity index (χ2n) is 6.64. The highest BCUT2D eigenvalue weighted by atomic mass is 16.5. The van der Waals surface area contributed by atoms with Crippen molar-refractivity contribution in [3.8, 4) is 0 Å². The Kier molecular flexibility index (Phi) is 6.52. The minimum absolute atomic E-state index is 0.0436. The number of para-hydroxylation sites is 1. The van der Waals surface area contributed by atoms with Crippen LogP contribution in [0.25, 0.3) is 0 Å². The fourth-order valence-corrected chi connectivity index (χ4v) is 3.29. The van der Waals surface area contributed by atoms with Gasteiger partial charge in [0.15, 0.2) is 0 Å². The molecular formula is C21H24N4O3. The highest BCUT2D eigenvalue weighted by Gasteiger charge is 2.24. The van der Waals surface area contributed by atoms with E-state index in [1.165, 1.54) is 0 Å². The molecule has 7 nitrogen and oxygen atoms in total. The van der Waals surface area contributed by atoms with Crippen molar-refractivity contribution in [2.75, 3.05) is 18.0 Å². The van der Waals surface area contributed by atoms with Crippen LogP contribution in [-0.2, 0) is 9.59 Å². The summed E-state index contributed by atoms with van der Waals surface area (Å²) in [7, 11) is 0. The molecule has 0 aromatic heterocycles. The van der Waals surface area contributed by atoms with Crippen molar-refractivity contribution in [3.05, 3.63) is 65.7 Å². The predicted molar refractivity (Wildman–Crippen MR) is 107 cm³/mol. The number of benzodiazepines with no additional fused rings is 1. The Balaban J connectivity index is 1.72. The molecule has 0 radical (unpaired) electrons. The first kappa shape index (κ1) is 19.7. The van der Waals surface area contributed by atoms with E-state index in [0.717, 1.165) is 35.4 Å². The predicted octanol–water partition coefficient (Wildman–Crippen LogP) is 2.52. The van der Waals surface area contributed by atoms with E-state index in [4.69, 9.17) is 11.0 Å². The van der Waals surface area contributed by atoms with Gasteiger partial charge in [-0.1, -0.05) is 55.0 Å². The number of carbonyl (C=O) groups excluding carboxylic acids is 2. The minimum Gasteiger partial charge on any atom is -0.310 e. The minimum atomic E-state index is -0.517. The number of amides is 2. The molecule has 7 heteroatoms. The average Bonchev–Trinajstić information content (AvgIpc) is 2.85. The van der Waals surface area contributed by atoms with Crippen molar-refractivity contribution < 1.29 is 14.8 Å². The third-order valence-electron chi connectivity index (χ3n) is 4.70. The second kappa shape index (κ2) is 9.25. The van der Waals surface area contributed by atoms with E-state index in [1.807, 2.05) is 54.6 Å². The van der Waals surface area contributed by atoms with Crippen LogP contribution in [-0.4, -0.2) is 41.0 Å². The van der Waals surface area contributed by atoms with Crippen molar-refractivity contribution in [1.82, 2.24) is 5.17 Å². The van der Waals surface area contributed by atoms with Crippen LogP contribution in [0.1, 0.15) is 36.8 Å². The average molecular weight is 380 g/mol. The zero-order valence-corrected chi connectivity index (χ0v) is 15.6. The summed E-state index contributed by atoms with van der Waals surface area (Å²) in [4.78, 5) is 30.4. The molecule has 3 rings (SSSR count). The van der Waals surface area contributed by atoms with Crippen molar-refractivity contribution in [3.63, 3.8) is 0 Å². The van der Waals surface area contributed by atoms with Gasteiger partial charge in [-0.05, 0) is 18.9 Å². The van der Waals surface area contributed by atoms with Gasteiger partial charge in [0.05, 0.1) is 11.4 Å². The van der Waals surface area contributed by atoms with Crippen LogP contribution in [0.3, 0.4) is 0 Å². The lowest BCUT2D eigenvalue weighted by Crippen LogP contribution is -2.34. The van der Waals surface area contributed by atoms with Crippen LogP contribution in [0, 0.1) is 0 Å². The van der Waals surface area contributed by atoms with Crippen molar-refractivity contribution in [2.45, 2.75) is 25.7 Å². The Morgan fingerprint density at radius 1 is 1.07 bits per heavy atom. The van der Waals surface area contributed by atoms with E-state index in [2.05, 4.69) is 4.99 Å². The molecule has 2 amide bonds. The quantitative estimate of drug-likeness (QED) is 0.253. The summed E-state index contributed by atoms with van der Waals surface area (Å²) in [5, 5.41) is 8.99. The molecule has 0 aliphatic carbocycles. The summed E-state index contributed by atoms with van der Waals surface area (Å²) in [5.41, 5.74) is 3.60. The van der Waals surface area contributed by atoms with Crippen molar-refractivity contribution in [1.29, 1.82) is 0 Å². The molecule has 0 spiro atoms. The monoisotopic (exact) mass is 380 g/mol. The third kappa shape index (κ3) is 4.62. The fraction of sp³-hybridized carbons (Fsp3) is 0.286. The van der Waals surface area contributed by atoms with Crippen LogP contribution in [0.4, 0.5) is 5.69 Å². The number of carbonyl (C=O) groups is 2. The maximum Gasteiger partial charge on any atom is 0.260 e. The first-order chi connectivity index (χ1) is 13.6. The van der Waals surface area contributed by atoms with E-state index in [-0.39, 0.29) is 24.0 Å². The van der Waals surface area contributed by atoms with Crippen LogP contribution < -0.4 is 10.7 Å². The number of anilines is 1. The molecule has 2 aromatic carbocycles. The highest BCUT2D eigenvalue weighted by molar-refractivity contribution is 6.19. The number of hydrazine groups is 1. The Morgan fingerprint density at radius 3 is 2.54 bits per heavy atom. The normalized spacial score (nSPS) is 13.6. The summed E-state index contributed by atoms with van der Waals surface area (Å²) in [5.74, 6) is 4.43. The number of rotatable bonds is 7. The van der Waals surface area contributed by atoms with Crippen LogP contribution in [0.5, 0.6) is 0 Å². The maximum atomic E-state index is 12.7. The lowest BCUT2D eigenvalue weighted by atomic mass is 10.00. The summed E-state index contributed by atoms with van der Waals surface area (Å²) >= 11 is 0. The number of fused-ring (bicyclic) bond motifs is 1. The smallest absolute Gasteiger partial charge is 0.260 e. The topological polar surface area (TPSA) is 99.2 Å². The third-order valence-corrected chi connectivity index (χ3v) is 4.70. The van der Waals surface area contributed by atoms with Crippen molar-refractivity contribution >= 4 is 23.2 Å². The van der Waals surface area contributed by atoms with Gasteiger partial charge in [0.25, 0.3) is 5.91 Å². The summed E-state index contributed by atoms with van der Waals surface area (Å²) in [6, 6.07) is 17.7. The molecule has 0 saturated carbocycles. The van der Waals surface area contributed by atoms with Gasteiger partial charge in [0, 0.05) is 24.1 Å². The van der Waals surface area contributed by atoms with Crippen molar-refractivity contribution in [2.24, 2.45) is 10.8 Å². The number of hydroxylamine groups is 1. The fourth-order valence-electron chi connectivity index (χ4n) is 3.29. The molecular weight excluding hydrogens is 356 g/mol. The molecule has 0 saturated heterocycles. The summed E-state index contributed by atoms with van der Waals surface area (Å²) in [6.45, 7) is 0.650. The molecule has 146 valence electrons. The van der Waals surface area contributed by atoms with Crippen LogP contribution >= 0.6 is 0 Å². The number of benzene rings is 2. The molecule has 1 aliphatic rings. The van der Waals surface area contributed by atoms with E-state index >= 15 is 0 Å². The van der Waals surface area contributed by atoms with E-state index in [1.54, 1.807) is 4.90 Å². The first-order valence-electron chi connectivity index (χ1n) is 9.34. The van der Waals surface area contributed by atoms with E-state index < -0.39 is 5.91 Å². The number of aliphatic imine (C=N–C) groups is 1. The van der Waals surface area contributed by atoms with E-state index in [0.29, 0.717) is 13.0 Å². The van der Waals surface area contributed by atoms with Gasteiger partial charge < -0.3 is 4.90 Å². The zero-order chi connectivity index (χ0) is 19.9. The van der Waals surface area contributed by atoms with Gasteiger partial charge >= 0.3 is 0 Å². The molecule has 0 bridgehead atoms. The molecule has 28 heavy (non-hydrogen) atoms. The summed E-state index contributed by atoms with van der Waals surface area (Å²) in [6.07, 6.45) is 2.27. The Labute approximate surface area is 164 Å². The molecule has 3 N–H and O–H groups in total. The van der Waals surface area contributed by atoms with Gasteiger partial charge in [-0.2, -0.15) is 5.17 Å². The van der Waals surface area contributed by atoms with E-state index in [9.17, 15) is 9.59 Å². The largest absolute Gasteiger partial charge is 0.310 e. The second-order valence-corrected chi connectivity index (χ2v) is 6.64. The number of hydrogen-bond donors (Lipinski definition) is 2. The molecule has 0 fully saturated rings. The number of nitrogens with two attached hydrogens (primary N) is 1. The number of hydrogen-bond acceptors (Lipinski definition) is 5. The van der Waals surface area contributed by atoms with Gasteiger partial charge in [-0.3, -0.25) is 19.8 Å². The maximum absolute atomic E-state index is 12.7. The first-order valence-corrected chi connectivity index (χ1v) is 9.34. The van der Waals surface area contributed by atoms with Gasteiger partial charge in [0.1, 0.15) is 6.54 Å². The van der Waals surface area contributed by atoms with Crippen LogP contribution in [0.15, 0.2) is 59.6 Å². The zero-order valence-electron chi connectivity index (χ0n) is 15.6. The molecule has 0 unspecified atom stereocenters. The molecule has 1 heterocycles. The van der Waals surface area contributed by atoms with Crippen LogP contribution in [0.2, 0.25) is 0 Å². The van der Waals surface area contributed by atoms with Gasteiger partial charge in [0.2, 0.25) is 5.91 Å². The number of unbranched alkanes of at least 4 members (excludes halogenated alkanes) is 2. The standard InChI is InChI=1S/C21H24N4O3/c22-25(28)19(26)13-5-2-8-14-24-18-12-7-6-11-17(18)21(23-15-20(24)27)16-9-3-1-4-10-16/h1,3-4,6-7,9-12,28H,2,5,8,13-15,22H2. The summed E-state index contributed by atoms with van der Waals surface area (Å²) < 4.78 is 0. The lowest BCUT2D eigenvalue weighted by molar-refractivity contribution is -0.166. The molecule has 2 aromatic rings. The highest BCUT2D eigenvalue weighted by Crippen LogP contribution is 2.27. The van der Waals surface area contributed by atoms with Gasteiger partial charge in [-0.15, -0.1) is 0 Å². The Morgan fingerprint density at radius 2 is 1.79 bits per heavy atom.